The minimum atomic E-state index is -1.03. The molecule has 1 amide bonds. The van der Waals surface area contributed by atoms with Crippen molar-refractivity contribution >= 4 is 11.7 Å². The van der Waals surface area contributed by atoms with Gasteiger partial charge >= 0.3 is 6.09 Å². The van der Waals surface area contributed by atoms with Crippen LogP contribution in [0.3, 0.4) is 0 Å². The summed E-state index contributed by atoms with van der Waals surface area (Å²) in [4.78, 5) is 12.3. The molecule has 0 spiro atoms. The predicted octanol–water partition coefficient (Wildman–Crippen LogP) is 4.58. The van der Waals surface area contributed by atoms with Gasteiger partial charge in [-0.15, -0.1) is 0 Å². The van der Waals surface area contributed by atoms with Crippen molar-refractivity contribution in [1.29, 1.82) is 0 Å². The Morgan fingerprint density at radius 2 is 1.78 bits per heavy atom. The summed E-state index contributed by atoms with van der Waals surface area (Å²) in [6.07, 6.45) is -1.71. The molecule has 0 radical (unpaired) electrons. The summed E-state index contributed by atoms with van der Waals surface area (Å²) in [7, 11) is 0. The number of nitrogens with one attached hydrogen (secondary N) is 2. The number of rotatable bonds is 9. The Kier molecular flexibility index (Phi) is 8.92. The standard InChI is InChI=1S/C25H32F2N2O3/c1-16(2)19-8-6-7-17(9-19)14-28-15-23(30)22(29-24(31)32-25(3,4)5)12-18-10-20(26)13-21(27)11-18/h6-11,13,22-23,28,30H,1,12,14-15H2,2-5H3,(H,29,31). The van der Waals surface area contributed by atoms with Crippen LogP contribution in [0.25, 0.3) is 5.57 Å². The highest BCUT2D eigenvalue weighted by Crippen LogP contribution is 2.15. The molecule has 0 saturated carbocycles. The average molecular weight is 447 g/mol. The van der Waals surface area contributed by atoms with Crippen LogP contribution < -0.4 is 10.6 Å². The number of hydrogen-bond acceptors (Lipinski definition) is 4. The molecular weight excluding hydrogens is 414 g/mol. The van der Waals surface area contributed by atoms with E-state index in [0.29, 0.717) is 12.1 Å². The van der Waals surface area contributed by atoms with Gasteiger partial charge in [-0.2, -0.15) is 0 Å². The van der Waals surface area contributed by atoms with Gasteiger partial charge in [-0.3, -0.25) is 0 Å². The number of hydrogen-bond donors (Lipinski definition) is 3. The van der Waals surface area contributed by atoms with E-state index in [1.165, 1.54) is 12.1 Å². The van der Waals surface area contributed by atoms with Crippen molar-refractivity contribution in [2.24, 2.45) is 0 Å². The van der Waals surface area contributed by atoms with Crippen molar-refractivity contribution in [2.45, 2.75) is 58.4 Å². The lowest BCUT2D eigenvalue weighted by molar-refractivity contribution is 0.0422. The van der Waals surface area contributed by atoms with Crippen LogP contribution in [0.15, 0.2) is 49.0 Å². The van der Waals surface area contributed by atoms with Gasteiger partial charge in [0, 0.05) is 19.2 Å². The number of alkyl carbamates (subject to hydrolysis) is 1. The Morgan fingerprint density at radius 3 is 2.38 bits per heavy atom. The van der Waals surface area contributed by atoms with E-state index in [1.807, 2.05) is 31.2 Å². The summed E-state index contributed by atoms with van der Waals surface area (Å²) in [5, 5.41) is 16.5. The molecule has 3 N–H and O–H groups in total. The molecule has 0 aliphatic rings. The van der Waals surface area contributed by atoms with Crippen LogP contribution in [-0.4, -0.2) is 35.5 Å². The fraction of sp³-hybridized carbons (Fsp3) is 0.400. The van der Waals surface area contributed by atoms with Crippen LogP contribution in [0.5, 0.6) is 0 Å². The molecule has 2 atom stereocenters. The lowest BCUT2D eigenvalue weighted by Crippen LogP contribution is -2.49. The zero-order valence-electron chi connectivity index (χ0n) is 19.0. The Hall–Kier alpha value is -2.77. The number of allylic oxidation sites excluding steroid dienone is 1. The maximum absolute atomic E-state index is 13.6. The summed E-state index contributed by atoms with van der Waals surface area (Å²) < 4.78 is 32.5. The molecule has 0 aromatic heterocycles. The Labute approximate surface area is 188 Å². The van der Waals surface area contributed by atoms with Gasteiger partial charge in [-0.05, 0) is 62.9 Å². The lowest BCUT2D eigenvalue weighted by Gasteiger charge is -2.27. The summed E-state index contributed by atoms with van der Waals surface area (Å²) in [5.41, 5.74) is 2.59. The molecule has 174 valence electrons. The first-order valence-electron chi connectivity index (χ1n) is 10.5. The average Bonchev–Trinajstić information content (AvgIpc) is 2.65. The van der Waals surface area contributed by atoms with E-state index < -0.39 is 35.5 Å². The third-order valence-electron chi connectivity index (χ3n) is 4.65. The fourth-order valence-electron chi connectivity index (χ4n) is 3.18. The summed E-state index contributed by atoms with van der Waals surface area (Å²) in [5.74, 6) is -1.44. The molecule has 0 bridgehead atoms. The van der Waals surface area contributed by atoms with Crippen LogP contribution in [0, 0.1) is 11.6 Å². The van der Waals surface area contributed by atoms with E-state index >= 15 is 0 Å². The summed E-state index contributed by atoms with van der Waals surface area (Å²) in [6.45, 7) is 11.7. The number of amides is 1. The monoisotopic (exact) mass is 446 g/mol. The summed E-state index contributed by atoms with van der Waals surface area (Å²) >= 11 is 0. The number of aliphatic hydroxyl groups excluding tert-OH is 1. The first kappa shape index (κ1) is 25.5. The van der Waals surface area contributed by atoms with Gasteiger partial charge in [-0.25, -0.2) is 13.6 Å². The first-order valence-corrected chi connectivity index (χ1v) is 10.5. The number of halogens is 2. The van der Waals surface area contributed by atoms with Gasteiger partial charge in [0.2, 0.25) is 0 Å². The second kappa shape index (κ2) is 11.2. The van der Waals surface area contributed by atoms with Gasteiger partial charge in [0.25, 0.3) is 0 Å². The molecule has 2 aromatic carbocycles. The lowest BCUT2D eigenvalue weighted by atomic mass is 10.0. The fourth-order valence-corrected chi connectivity index (χ4v) is 3.18. The molecule has 5 nitrogen and oxygen atoms in total. The number of carbonyl (C=O) groups excluding carboxylic acids is 1. The van der Waals surface area contributed by atoms with Gasteiger partial charge in [0.1, 0.15) is 17.2 Å². The maximum atomic E-state index is 13.6. The molecule has 2 rings (SSSR count). The number of aliphatic hydroxyl groups is 1. The quantitative estimate of drug-likeness (QED) is 0.527. The second-order valence-electron chi connectivity index (χ2n) is 8.91. The molecular formula is C25H32F2N2O3. The van der Waals surface area contributed by atoms with Crippen LogP contribution >= 0.6 is 0 Å². The van der Waals surface area contributed by atoms with Crippen LogP contribution in [0.2, 0.25) is 0 Å². The molecule has 0 aliphatic carbocycles. The SMILES string of the molecule is C=C(C)c1cccc(CNCC(O)C(Cc2cc(F)cc(F)c2)NC(=O)OC(C)(C)C)c1. The molecule has 7 heteroatoms. The van der Waals surface area contributed by atoms with Gasteiger partial charge < -0.3 is 20.5 Å². The van der Waals surface area contributed by atoms with E-state index in [2.05, 4.69) is 17.2 Å². The largest absolute Gasteiger partial charge is 0.444 e. The van der Waals surface area contributed by atoms with Crippen LogP contribution in [0.4, 0.5) is 13.6 Å². The minimum absolute atomic E-state index is 0.0297. The molecule has 0 heterocycles. The van der Waals surface area contributed by atoms with E-state index in [1.54, 1.807) is 20.8 Å². The molecule has 0 aliphatic heterocycles. The van der Waals surface area contributed by atoms with Gasteiger partial charge in [0.05, 0.1) is 12.1 Å². The molecule has 0 saturated heterocycles. The van der Waals surface area contributed by atoms with Crippen LogP contribution in [0.1, 0.15) is 44.4 Å². The van der Waals surface area contributed by atoms with Crippen molar-refractivity contribution in [3.8, 4) is 0 Å². The maximum Gasteiger partial charge on any atom is 0.407 e. The third kappa shape index (κ3) is 8.77. The predicted molar refractivity (Wildman–Crippen MR) is 122 cm³/mol. The highest BCUT2D eigenvalue weighted by atomic mass is 19.1. The van der Waals surface area contributed by atoms with Crippen LogP contribution in [-0.2, 0) is 17.7 Å². The Balaban J connectivity index is 2.06. The van der Waals surface area contributed by atoms with Crippen molar-refractivity contribution in [1.82, 2.24) is 10.6 Å². The zero-order chi connectivity index (χ0) is 23.9. The summed E-state index contributed by atoms with van der Waals surface area (Å²) in [6, 6.07) is 10.2. The smallest absolute Gasteiger partial charge is 0.407 e. The number of ether oxygens (including phenoxy) is 1. The zero-order valence-corrected chi connectivity index (χ0v) is 19.0. The Morgan fingerprint density at radius 1 is 1.12 bits per heavy atom. The highest BCUT2D eigenvalue weighted by molar-refractivity contribution is 5.68. The number of benzene rings is 2. The van der Waals surface area contributed by atoms with Crippen molar-refractivity contribution in [2.75, 3.05) is 6.54 Å². The normalized spacial score (nSPS) is 13.3. The highest BCUT2D eigenvalue weighted by Gasteiger charge is 2.25. The van der Waals surface area contributed by atoms with Gasteiger partial charge in [-0.1, -0.05) is 36.4 Å². The molecule has 0 fully saturated rings. The number of carbonyl (C=O) groups is 1. The Bertz CT molecular complexity index is 921. The van der Waals surface area contributed by atoms with E-state index in [-0.39, 0.29) is 13.0 Å². The molecule has 2 aromatic rings. The second-order valence-corrected chi connectivity index (χ2v) is 8.91. The first-order chi connectivity index (χ1) is 14.9. The van der Waals surface area contributed by atoms with E-state index in [9.17, 15) is 18.7 Å². The van der Waals surface area contributed by atoms with Crippen molar-refractivity contribution < 1.29 is 23.4 Å². The van der Waals surface area contributed by atoms with Gasteiger partial charge in [0.15, 0.2) is 0 Å². The molecule has 2 unspecified atom stereocenters. The van der Waals surface area contributed by atoms with Crippen molar-refractivity contribution in [3.63, 3.8) is 0 Å². The molecule has 32 heavy (non-hydrogen) atoms. The van der Waals surface area contributed by atoms with E-state index in [0.717, 1.165) is 22.8 Å². The minimum Gasteiger partial charge on any atom is -0.444 e. The third-order valence-corrected chi connectivity index (χ3v) is 4.65. The van der Waals surface area contributed by atoms with E-state index in [4.69, 9.17) is 4.74 Å². The van der Waals surface area contributed by atoms with Crippen molar-refractivity contribution in [3.05, 3.63) is 77.4 Å². The topological polar surface area (TPSA) is 70.6 Å².